The molecule has 1 aromatic heterocycles. The number of benzene rings is 1. The summed E-state index contributed by atoms with van der Waals surface area (Å²) in [7, 11) is 0. The van der Waals surface area contributed by atoms with Gasteiger partial charge in [0.25, 0.3) is 0 Å². The average Bonchev–Trinajstić information content (AvgIpc) is 2.49. The highest BCUT2D eigenvalue weighted by atomic mass is 79.9. The van der Waals surface area contributed by atoms with Gasteiger partial charge in [-0.05, 0) is 34.1 Å². The predicted molar refractivity (Wildman–Crippen MR) is 66.2 cm³/mol. The Hall–Kier alpha value is -0.710. The van der Waals surface area contributed by atoms with Gasteiger partial charge in [0.1, 0.15) is 0 Å². The molecule has 0 saturated heterocycles. The highest BCUT2D eigenvalue weighted by Gasteiger charge is 2.12. The molecule has 3 N–H and O–H groups in total. The lowest BCUT2D eigenvalue weighted by Gasteiger charge is -2.02. The van der Waals surface area contributed by atoms with E-state index >= 15 is 0 Å². The first-order valence-electron chi connectivity index (χ1n) is 4.04. The first-order valence-corrected chi connectivity index (χ1v) is 5.59. The number of hydrogen-bond donors (Lipinski definition) is 2. The van der Waals surface area contributed by atoms with Crippen LogP contribution in [0.1, 0.15) is 0 Å². The molecule has 1 heterocycles. The smallest absolute Gasteiger partial charge is 0.160 e. The van der Waals surface area contributed by atoms with E-state index in [0.29, 0.717) is 20.3 Å². The molecule has 0 unspecified atom stereocenters. The summed E-state index contributed by atoms with van der Waals surface area (Å²) in [6.45, 7) is 0. The number of nitrogens with zero attached hydrogens (tertiary/aromatic N) is 1. The number of nitrogen functional groups attached to an aromatic ring is 1. The van der Waals surface area contributed by atoms with Crippen molar-refractivity contribution in [2.24, 2.45) is 0 Å². The maximum atomic E-state index is 6.05. The molecule has 6 heteroatoms. The van der Waals surface area contributed by atoms with Gasteiger partial charge in [-0.25, -0.2) is 0 Å². The maximum Gasteiger partial charge on any atom is 0.160 e. The molecule has 0 bridgehead atoms. The van der Waals surface area contributed by atoms with Crippen LogP contribution in [0.4, 0.5) is 5.82 Å². The molecule has 2 rings (SSSR count). The lowest BCUT2D eigenvalue weighted by molar-refractivity contribution is 1.10. The van der Waals surface area contributed by atoms with Crippen LogP contribution in [0.3, 0.4) is 0 Å². The Morgan fingerprint density at radius 1 is 1.33 bits per heavy atom. The van der Waals surface area contributed by atoms with Gasteiger partial charge in [0.05, 0.1) is 15.2 Å². The normalized spacial score (nSPS) is 10.6. The van der Waals surface area contributed by atoms with Crippen molar-refractivity contribution >= 4 is 44.9 Å². The molecule has 0 spiro atoms. The molecule has 0 atom stereocenters. The number of rotatable bonds is 1. The first kappa shape index (κ1) is 10.8. The van der Waals surface area contributed by atoms with E-state index in [2.05, 4.69) is 26.1 Å². The van der Waals surface area contributed by atoms with Crippen LogP contribution in [-0.4, -0.2) is 10.2 Å². The number of halogens is 3. The molecule has 0 fully saturated rings. The Bertz CT molecular complexity index is 510. The first-order chi connectivity index (χ1) is 7.09. The van der Waals surface area contributed by atoms with Crippen molar-refractivity contribution < 1.29 is 0 Å². The number of aromatic amines is 1. The molecular formula is C9H6BrCl2N3. The molecule has 1 aromatic carbocycles. The fourth-order valence-electron chi connectivity index (χ4n) is 1.21. The monoisotopic (exact) mass is 305 g/mol. The Morgan fingerprint density at radius 2 is 2.07 bits per heavy atom. The van der Waals surface area contributed by atoms with Gasteiger partial charge in [0, 0.05) is 10.6 Å². The molecule has 2 aromatic rings. The summed E-state index contributed by atoms with van der Waals surface area (Å²) in [5.41, 5.74) is 7.15. The predicted octanol–water partition coefficient (Wildman–Crippen LogP) is 3.73. The number of nitrogens with two attached hydrogens (primary N) is 1. The van der Waals surface area contributed by atoms with E-state index in [4.69, 9.17) is 28.9 Å². The lowest BCUT2D eigenvalue weighted by atomic mass is 10.1. The highest BCUT2D eigenvalue weighted by Crippen LogP contribution is 2.35. The Kier molecular flexibility index (Phi) is 2.91. The number of hydrogen-bond acceptors (Lipinski definition) is 2. The van der Waals surface area contributed by atoms with Crippen LogP contribution < -0.4 is 5.73 Å². The third kappa shape index (κ3) is 1.97. The molecule has 0 aliphatic heterocycles. The van der Waals surface area contributed by atoms with E-state index in [9.17, 15) is 0 Å². The third-order valence-electron chi connectivity index (χ3n) is 1.93. The van der Waals surface area contributed by atoms with E-state index < -0.39 is 0 Å². The Labute approximate surface area is 105 Å². The minimum absolute atomic E-state index is 0.399. The van der Waals surface area contributed by atoms with Crippen LogP contribution in [0.15, 0.2) is 22.7 Å². The van der Waals surface area contributed by atoms with Crippen LogP contribution in [0.25, 0.3) is 11.3 Å². The van der Waals surface area contributed by atoms with Gasteiger partial charge in [-0.3, -0.25) is 5.10 Å². The molecular weight excluding hydrogens is 301 g/mol. The van der Waals surface area contributed by atoms with Gasteiger partial charge < -0.3 is 5.73 Å². The summed E-state index contributed by atoms with van der Waals surface area (Å²) < 4.78 is 0.701. The minimum Gasteiger partial charge on any atom is -0.381 e. The summed E-state index contributed by atoms with van der Waals surface area (Å²) in [4.78, 5) is 0. The topological polar surface area (TPSA) is 54.7 Å². The molecule has 15 heavy (non-hydrogen) atoms. The van der Waals surface area contributed by atoms with Gasteiger partial charge in [-0.1, -0.05) is 23.2 Å². The number of aromatic nitrogens is 2. The molecule has 0 radical (unpaired) electrons. The molecule has 78 valence electrons. The van der Waals surface area contributed by atoms with Gasteiger partial charge >= 0.3 is 0 Å². The SMILES string of the molecule is Nc1n[nH]c(-c2ccc(Cl)cc2Cl)c1Br. The van der Waals surface area contributed by atoms with Crippen molar-refractivity contribution in [1.29, 1.82) is 0 Å². The van der Waals surface area contributed by atoms with Crippen molar-refractivity contribution in [2.45, 2.75) is 0 Å². The van der Waals surface area contributed by atoms with E-state index in [1.165, 1.54) is 0 Å². The van der Waals surface area contributed by atoms with Crippen molar-refractivity contribution in [3.63, 3.8) is 0 Å². The molecule has 0 aliphatic rings. The number of nitrogens with one attached hydrogen (secondary N) is 1. The van der Waals surface area contributed by atoms with Gasteiger partial charge in [-0.2, -0.15) is 5.10 Å². The highest BCUT2D eigenvalue weighted by molar-refractivity contribution is 9.10. The Morgan fingerprint density at radius 3 is 2.60 bits per heavy atom. The second kappa shape index (κ2) is 4.04. The van der Waals surface area contributed by atoms with Crippen LogP contribution >= 0.6 is 39.1 Å². The van der Waals surface area contributed by atoms with Crippen molar-refractivity contribution in [3.05, 3.63) is 32.7 Å². The number of H-pyrrole nitrogens is 1. The summed E-state index contributed by atoms with van der Waals surface area (Å²) in [5, 5.41) is 7.81. The molecule has 0 amide bonds. The van der Waals surface area contributed by atoms with E-state index in [1.54, 1.807) is 12.1 Å². The van der Waals surface area contributed by atoms with Crippen LogP contribution in [-0.2, 0) is 0 Å². The zero-order valence-corrected chi connectivity index (χ0v) is 10.5. The largest absolute Gasteiger partial charge is 0.381 e. The standard InChI is InChI=1S/C9H6BrCl2N3/c10-7-8(14-15-9(7)13)5-2-1-4(11)3-6(5)12/h1-3H,(H3,13,14,15). The second-order valence-corrected chi connectivity index (χ2v) is 4.56. The summed E-state index contributed by atoms with van der Waals surface area (Å²) in [6.07, 6.45) is 0. The zero-order valence-electron chi connectivity index (χ0n) is 7.39. The van der Waals surface area contributed by atoms with E-state index in [1.807, 2.05) is 6.07 Å². The quantitative estimate of drug-likeness (QED) is 0.843. The maximum absolute atomic E-state index is 6.05. The van der Waals surface area contributed by atoms with Crippen molar-refractivity contribution in [1.82, 2.24) is 10.2 Å². The summed E-state index contributed by atoms with van der Waals surface area (Å²) in [6, 6.07) is 5.23. The minimum atomic E-state index is 0.399. The van der Waals surface area contributed by atoms with Gasteiger partial charge in [-0.15, -0.1) is 0 Å². The van der Waals surface area contributed by atoms with Crippen molar-refractivity contribution in [3.8, 4) is 11.3 Å². The van der Waals surface area contributed by atoms with Crippen molar-refractivity contribution in [2.75, 3.05) is 5.73 Å². The van der Waals surface area contributed by atoms with Gasteiger partial charge in [0.2, 0.25) is 0 Å². The summed E-state index contributed by atoms with van der Waals surface area (Å²) in [5.74, 6) is 0.399. The number of anilines is 1. The zero-order chi connectivity index (χ0) is 11.0. The molecule has 0 aliphatic carbocycles. The van der Waals surface area contributed by atoms with Crippen LogP contribution in [0.2, 0.25) is 10.0 Å². The second-order valence-electron chi connectivity index (χ2n) is 2.92. The van der Waals surface area contributed by atoms with Crippen LogP contribution in [0, 0.1) is 0 Å². The fourth-order valence-corrected chi connectivity index (χ4v) is 2.11. The lowest BCUT2D eigenvalue weighted by Crippen LogP contribution is -1.83. The Balaban J connectivity index is 2.59. The van der Waals surface area contributed by atoms with Gasteiger partial charge in [0.15, 0.2) is 5.82 Å². The van der Waals surface area contributed by atoms with E-state index in [0.717, 1.165) is 11.3 Å². The van der Waals surface area contributed by atoms with Crippen LogP contribution in [0.5, 0.6) is 0 Å². The van der Waals surface area contributed by atoms with E-state index in [-0.39, 0.29) is 0 Å². The fraction of sp³-hybridized carbons (Fsp3) is 0. The average molecular weight is 307 g/mol. The molecule has 3 nitrogen and oxygen atoms in total. The molecule has 0 saturated carbocycles. The summed E-state index contributed by atoms with van der Waals surface area (Å²) >= 11 is 15.2. The third-order valence-corrected chi connectivity index (χ3v) is 3.28.